The Morgan fingerprint density at radius 2 is 1.76 bits per heavy atom. The Morgan fingerprint density at radius 1 is 1.05 bits per heavy atom. The highest BCUT2D eigenvalue weighted by atomic mass is 15.2. The van der Waals surface area contributed by atoms with Gasteiger partial charge in [-0.25, -0.2) is 4.98 Å². The van der Waals surface area contributed by atoms with Crippen LogP contribution in [0.2, 0.25) is 0 Å². The van der Waals surface area contributed by atoms with E-state index in [1.807, 2.05) is 6.20 Å². The molecule has 0 amide bonds. The summed E-state index contributed by atoms with van der Waals surface area (Å²) in [4.78, 5) is 9.72. The molecule has 0 bridgehead atoms. The number of pyridine rings is 1. The Bertz CT molecular complexity index is 426. The van der Waals surface area contributed by atoms with E-state index in [-0.39, 0.29) is 0 Å². The van der Waals surface area contributed by atoms with Crippen molar-refractivity contribution in [1.29, 1.82) is 0 Å². The summed E-state index contributed by atoms with van der Waals surface area (Å²) in [5.74, 6) is 2.99. The van der Waals surface area contributed by atoms with Crippen LogP contribution in [0.1, 0.15) is 38.2 Å². The molecule has 1 aromatic rings. The monoisotopic (exact) mass is 287 g/mol. The van der Waals surface area contributed by atoms with Crippen LogP contribution in [0, 0.1) is 18.8 Å². The van der Waals surface area contributed by atoms with E-state index in [9.17, 15) is 0 Å². The standard InChI is InChI=1S/C18H29N3/c1-15-5-9-20(10-6-15)14-17-7-11-21(12-8-17)18-4-3-16(2)13-19-18/h3-4,13,15,17H,5-12,14H2,1-2H3. The van der Waals surface area contributed by atoms with Gasteiger partial charge in [-0.05, 0) is 69.2 Å². The molecule has 2 aliphatic heterocycles. The average molecular weight is 287 g/mol. The van der Waals surface area contributed by atoms with Crippen molar-refractivity contribution >= 4 is 5.82 Å². The topological polar surface area (TPSA) is 19.4 Å². The summed E-state index contributed by atoms with van der Waals surface area (Å²) in [5, 5.41) is 0. The third-order valence-electron chi connectivity index (χ3n) is 5.23. The van der Waals surface area contributed by atoms with Gasteiger partial charge in [-0.2, -0.15) is 0 Å². The fourth-order valence-corrected chi connectivity index (χ4v) is 3.60. The minimum absolute atomic E-state index is 0.889. The number of piperidine rings is 2. The molecule has 3 heterocycles. The summed E-state index contributed by atoms with van der Waals surface area (Å²) in [6.45, 7) is 10.8. The van der Waals surface area contributed by atoms with Crippen molar-refractivity contribution in [3.05, 3.63) is 23.9 Å². The predicted molar refractivity (Wildman–Crippen MR) is 88.7 cm³/mol. The van der Waals surface area contributed by atoms with Gasteiger partial charge in [-0.3, -0.25) is 0 Å². The minimum atomic E-state index is 0.889. The molecule has 0 saturated carbocycles. The van der Waals surface area contributed by atoms with Crippen LogP contribution in [-0.2, 0) is 0 Å². The lowest BCUT2D eigenvalue weighted by Crippen LogP contribution is -2.41. The van der Waals surface area contributed by atoms with E-state index in [2.05, 4.69) is 40.8 Å². The average Bonchev–Trinajstić information content (AvgIpc) is 2.51. The highest BCUT2D eigenvalue weighted by Gasteiger charge is 2.23. The first-order chi connectivity index (χ1) is 10.2. The lowest BCUT2D eigenvalue weighted by Gasteiger charge is -2.37. The first-order valence-electron chi connectivity index (χ1n) is 8.60. The Labute approximate surface area is 129 Å². The third kappa shape index (κ3) is 3.97. The van der Waals surface area contributed by atoms with Crippen molar-refractivity contribution in [1.82, 2.24) is 9.88 Å². The van der Waals surface area contributed by atoms with Crippen LogP contribution in [0.3, 0.4) is 0 Å². The molecule has 2 saturated heterocycles. The summed E-state index contributed by atoms with van der Waals surface area (Å²) >= 11 is 0. The van der Waals surface area contributed by atoms with Gasteiger partial charge in [0.25, 0.3) is 0 Å². The first-order valence-corrected chi connectivity index (χ1v) is 8.60. The second kappa shape index (κ2) is 6.78. The Kier molecular flexibility index (Phi) is 4.79. The molecule has 0 unspecified atom stereocenters. The van der Waals surface area contributed by atoms with Crippen LogP contribution < -0.4 is 4.90 Å². The Balaban J connectivity index is 1.45. The normalized spacial score (nSPS) is 22.7. The van der Waals surface area contributed by atoms with Crippen molar-refractivity contribution in [3.63, 3.8) is 0 Å². The zero-order valence-electron chi connectivity index (χ0n) is 13.6. The maximum atomic E-state index is 4.57. The van der Waals surface area contributed by atoms with Gasteiger partial charge < -0.3 is 9.80 Å². The summed E-state index contributed by atoms with van der Waals surface area (Å²) in [7, 11) is 0. The Morgan fingerprint density at radius 3 is 2.38 bits per heavy atom. The SMILES string of the molecule is Cc1ccc(N2CCC(CN3CCC(C)CC3)CC2)nc1. The third-order valence-corrected chi connectivity index (χ3v) is 5.23. The number of rotatable bonds is 3. The number of likely N-dealkylation sites (tertiary alicyclic amines) is 1. The lowest BCUT2D eigenvalue weighted by atomic mass is 9.93. The van der Waals surface area contributed by atoms with Gasteiger partial charge in [0.1, 0.15) is 5.82 Å². The highest BCUT2D eigenvalue weighted by molar-refractivity contribution is 5.39. The summed E-state index contributed by atoms with van der Waals surface area (Å²) in [6, 6.07) is 4.34. The molecule has 0 spiro atoms. The van der Waals surface area contributed by atoms with Gasteiger partial charge in [0, 0.05) is 25.8 Å². The van der Waals surface area contributed by atoms with Gasteiger partial charge in [-0.1, -0.05) is 13.0 Å². The van der Waals surface area contributed by atoms with Crippen LogP contribution in [0.15, 0.2) is 18.3 Å². The van der Waals surface area contributed by atoms with Crippen LogP contribution in [0.25, 0.3) is 0 Å². The molecule has 0 aromatic carbocycles. The first kappa shape index (κ1) is 14.8. The largest absolute Gasteiger partial charge is 0.357 e. The zero-order valence-corrected chi connectivity index (χ0v) is 13.6. The second-order valence-corrected chi connectivity index (χ2v) is 7.11. The van der Waals surface area contributed by atoms with Crippen molar-refractivity contribution < 1.29 is 0 Å². The molecule has 0 atom stereocenters. The molecule has 21 heavy (non-hydrogen) atoms. The number of aromatic nitrogens is 1. The number of aryl methyl sites for hydroxylation is 1. The van der Waals surface area contributed by atoms with Crippen LogP contribution in [-0.4, -0.2) is 42.6 Å². The predicted octanol–water partition coefficient (Wildman–Crippen LogP) is 3.34. The van der Waals surface area contributed by atoms with E-state index in [1.54, 1.807) is 0 Å². The molecule has 0 radical (unpaired) electrons. The quantitative estimate of drug-likeness (QED) is 0.850. The lowest BCUT2D eigenvalue weighted by molar-refractivity contribution is 0.156. The van der Waals surface area contributed by atoms with E-state index in [4.69, 9.17) is 0 Å². The van der Waals surface area contributed by atoms with E-state index < -0.39 is 0 Å². The highest BCUT2D eigenvalue weighted by Crippen LogP contribution is 2.24. The molecule has 0 aliphatic carbocycles. The van der Waals surface area contributed by atoms with Gasteiger partial charge in [0.05, 0.1) is 0 Å². The van der Waals surface area contributed by atoms with E-state index in [0.717, 1.165) is 17.7 Å². The molecule has 1 aromatic heterocycles. The van der Waals surface area contributed by atoms with E-state index in [0.29, 0.717) is 0 Å². The smallest absolute Gasteiger partial charge is 0.128 e. The van der Waals surface area contributed by atoms with Gasteiger partial charge in [-0.15, -0.1) is 0 Å². The fraction of sp³-hybridized carbons (Fsp3) is 0.722. The summed E-state index contributed by atoms with van der Waals surface area (Å²) < 4.78 is 0. The second-order valence-electron chi connectivity index (χ2n) is 7.11. The molecular formula is C18H29N3. The Hall–Kier alpha value is -1.09. The number of hydrogen-bond acceptors (Lipinski definition) is 3. The molecule has 0 N–H and O–H groups in total. The number of hydrogen-bond donors (Lipinski definition) is 0. The fourth-order valence-electron chi connectivity index (χ4n) is 3.60. The molecule has 3 rings (SSSR count). The maximum absolute atomic E-state index is 4.57. The van der Waals surface area contributed by atoms with Crippen LogP contribution in [0.4, 0.5) is 5.82 Å². The minimum Gasteiger partial charge on any atom is -0.357 e. The molecule has 2 fully saturated rings. The summed E-state index contributed by atoms with van der Waals surface area (Å²) in [5.41, 5.74) is 1.24. The maximum Gasteiger partial charge on any atom is 0.128 e. The number of anilines is 1. The molecule has 2 aliphatic rings. The molecule has 116 valence electrons. The van der Waals surface area contributed by atoms with Gasteiger partial charge >= 0.3 is 0 Å². The van der Waals surface area contributed by atoms with Crippen molar-refractivity contribution in [2.24, 2.45) is 11.8 Å². The van der Waals surface area contributed by atoms with Crippen LogP contribution >= 0.6 is 0 Å². The molecule has 3 nitrogen and oxygen atoms in total. The van der Waals surface area contributed by atoms with Gasteiger partial charge in [0.15, 0.2) is 0 Å². The van der Waals surface area contributed by atoms with E-state index in [1.165, 1.54) is 64.0 Å². The number of nitrogens with zero attached hydrogens (tertiary/aromatic N) is 3. The van der Waals surface area contributed by atoms with Gasteiger partial charge in [0.2, 0.25) is 0 Å². The van der Waals surface area contributed by atoms with Crippen molar-refractivity contribution in [3.8, 4) is 0 Å². The molecule has 3 heteroatoms. The zero-order chi connectivity index (χ0) is 14.7. The van der Waals surface area contributed by atoms with Crippen molar-refractivity contribution in [2.45, 2.75) is 39.5 Å². The van der Waals surface area contributed by atoms with Crippen LogP contribution in [0.5, 0.6) is 0 Å². The van der Waals surface area contributed by atoms with E-state index >= 15 is 0 Å². The molecular weight excluding hydrogens is 258 g/mol. The summed E-state index contributed by atoms with van der Waals surface area (Å²) in [6.07, 6.45) is 7.41. The van der Waals surface area contributed by atoms with Crippen molar-refractivity contribution in [2.75, 3.05) is 37.6 Å².